The van der Waals surface area contributed by atoms with E-state index in [-0.39, 0.29) is 0 Å². The van der Waals surface area contributed by atoms with Crippen molar-refractivity contribution in [2.45, 2.75) is 30.6 Å². The molecule has 3 N–H and O–H groups in total. The van der Waals surface area contributed by atoms with Crippen molar-refractivity contribution in [1.29, 1.82) is 0 Å². The average Bonchev–Trinajstić information content (AvgIpc) is 2.69. The second kappa shape index (κ2) is 4.79. The number of anilines is 2. The molecule has 3 heteroatoms. The second-order valence-electron chi connectivity index (χ2n) is 4.13. The van der Waals surface area contributed by atoms with E-state index in [1.54, 1.807) is 0 Å². The first kappa shape index (κ1) is 10.7. The van der Waals surface area contributed by atoms with Crippen LogP contribution < -0.4 is 11.1 Å². The minimum absolute atomic E-state index is 0.645. The molecule has 15 heavy (non-hydrogen) atoms. The maximum absolute atomic E-state index is 5.65. The van der Waals surface area contributed by atoms with Gasteiger partial charge in [0.25, 0.3) is 0 Å². The molecule has 82 valence electrons. The highest BCUT2D eigenvalue weighted by Gasteiger charge is 2.23. The van der Waals surface area contributed by atoms with E-state index in [0.29, 0.717) is 6.04 Å². The van der Waals surface area contributed by atoms with Gasteiger partial charge in [-0.2, -0.15) is 11.8 Å². The summed E-state index contributed by atoms with van der Waals surface area (Å²) in [5, 5.41) is 4.41. The number of benzene rings is 1. The van der Waals surface area contributed by atoms with Gasteiger partial charge < -0.3 is 11.1 Å². The van der Waals surface area contributed by atoms with Gasteiger partial charge in [0.15, 0.2) is 0 Å². The van der Waals surface area contributed by atoms with Gasteiger partial charge >= 0.3 is 0 Å². The summed E-state index contributed by atoms with van der Waals surface area (Å²) >= 11 is 1.99. The molecule has 0 aliphatic heterocycles. The molecule has 2 rings (SSSR count). The van der Waals surface area contributed by atoms with Gasteiger partial charge in [0, 0.05) is 22.7 Å². The summed E-state index contributed by atoms with van der Waals surface area (Å²) in [6, 6.07) is 8.65. The molecule has 1 saturated carbocycles. The molecule has 0 saturated heterocycles. The number of thioether (sulfide) groups is 1. The first-order valence-corrected chi connectivity index (χ1v) is 6.71. The van der Waals surface area contributed by atoms with Crippen LogP contribution >= 0.6 is 11.8 Å². The molecule has 2 nitrogen and oxygen atoms in total. The van der Waals surface area contributed by atoms with Gasteiger partial charge in [-0.15, -0.1) is 0 Å². The van der Waals surface area contributed by atoms with Crippen LogP contribution in [0.15, 0.2) is 24.3 Å². The van der Waals surface area contributed by atoms with Crippen molar-refractivity contribution in [1.82, 2.24) is 0 Å². The Kier molecular flexibility index (Phi) is 3.41. The van der Waals surface area contributed by atoms with E-state index in [1.807, 2.05) is 23.9 Å². The lowest BCUT2D eigenvalue weighted by atomic mass is 10.2. The SMILES string of the molecule is CSC1CCC(Nc2ccc(N)cc2)C1. The van der Waals surface area contributed by atoms with Crippen molar-refractivity contribution in [2.75, 3.05) is 17.3 Å². The van der Waals surface area contributed by atoms with Crippen molar-refractivity contribution in [3.63, 3.8) is 0 Å². The van der Waals surface area contributed by atoms with Gasteiger partial charge in [0.1, 0.15) is 0 Å². The van der Waals surface area contributed by atoms with Crippen LogP contribution in [0.25, 0.3) is 0 Å². The highest BCUT2D eigenvalue weighted by atomic mass is 32.2. The van der Waals surface area contributed by atoms with Gasteiger partial charge in [-0.05, 0) is 49.8 Å². The fourth-order valence-electron chi connectivity index (χ4n) is 2.10. The Morgan fingerprint density at radius 3 is 2.60 bits per heavy atom. The van der Waals surface area contributed by atoms with Crippen LogP contribution in [-0.2, 0) is 0 Å². The van der Waals surface area contributed by atoms with Gasteiger partial charge in [-0.25, -0.2) is 0 Å². The highest BCUT2D eigenvalue weighted by molar-refractivity contribution is 7.99. The van der Waals surface area contributed by atoms with Crippen molar-refractivity contribution in [3.8, 4) is 0 Å². The molecule has 0 radical (unpaired) electrons. The molecule has 0 aromatic heterocycles. The smallest absolute Gasteiger partial charge is 0.0343 e. The van der Waals surface area contributed by atoms with Crippen molar-refractivity contribution in [2.24, 2.45) is 0 Å². The summed E-state index contributed by atoms with van der Waals surface area (Å²) in [6.07, 6.45) is 6.12. The van der Waals surface area contributed by atoms with Gasteiger partial charge in [-0.3, -0.25) is 0 Å². The number of hydrogen-bond acceptors (Lipinski definition) is 3. The minimum atomic E-state index is 0.645. The molecule has 1 aromatic carbocycles. The Labute approximate surface area is 95.6 Å². The first-order chi connectivity index (χ1) is 7.28. The topological polar surface area (TPSA) is 38.0 Å². The maximum atomic E-state index is 5.65. The van der Waals surface area contributed by atoms with E-state index in [9.17, 15) is 0 Å². The lowest BCUT2D eigenvalue weighted by molar-refractivity contribution is 0.757. The molecule has 1 aliphatic rings. The zero-order valence-corrected chi connectivity index (χ0v) is 9.89. The predicted molar refractivity (Wildman–Crippen MR) is 69.4 cm³/mol. The fraction of sp³-hybridized carbons (Fsp3) is 0.500. The van der Waals surface area contributed by atoms with Crippen LogP contribution in [0.3, 0.4) is 0 Å². The molecular formula is C12H18N2S. The largest absolute Gasteiger partial charge is 0.399 e. The Morgan fingerprint density at radius 2 is 2.00 bits per heavy atom. The Morgan fingerprint density at radius 1 is 1.27 bits per heavy atom. The number of rotatable bonds is 3. The summed E-state index contributed by atoms with van der Waals surface area (Å²) in [5.74, 6) is 0. The second-order valence-corrected chi connectivity index (χ2v) is 5.27. The first-order valence-electron chi connectivity index (χ1n) is 5.43. The highest BCUT2D eigenvalue weighted by Crippen LogP contribution is 2.30. The molecule has 0 bridgehead atoms. The summed E-state index contributed by atoms with van der Waals surface area (Å²) in [4.78, 5) is 0. The van der Waals surface area contributed by atoms with E-state index in [2.05, 4.69) is 23.7 Å². The standard InChI is InChI=1S/C12H18N2S/c1-15-12-7-6-11(8-12)14-10-4-2-9(13)3-5-10/h2-5,11-12,14H,6-8,13H2,1H3. The minimum Gasteiger partial charge on any atom is -0.399 e. The molecule has 1 aliphatic carbocycles. The summed E-state index contributed by atoms with van der Waals surface area (Å²) in [5.41, 5.74) is 7.67. The van der Waals surface area contributed by atoms with Gasteiger partial charge in [-0.1, -0.05) is 0 Å². The normalized spacial score (nSPS) is 25.4. The van der Waals surface area contributed by atoms with Crippen LogP contribution in [-0.4, -0.2) is 17.5 Å². The van der Waals surface area contributed by atoms with E-state index < -0.39 is 0 Å². The molecule has 0 spiro atoms. The van der Waals surface area contributed by atoms with E-state index in [4.69, 9.17) is 5.73 Å². The zero-order chi connectivity index (χ0) is 10.7. The maximum Gasteiger partial charge on any atom is 0.0343 e. The quantitative estimate of drug-likeness (QED) is 0.772. The molecule has 2 atom stereocenters. The third kappa shape index (κ3) is 2.81. The third-order valence-corrected chi connectivity index (χ3v) is 4.09. The number of nitrogens with two attached hydrogens (primary N) is 1. The number of hydrogen-bond donors (Lipinski definition) is 2. The van der Waals surface area contributed by atoms with E-state index >= 15 is 0 Å². The Bertz CT molecular complexity index is 310. The van der Waals surface area contributed by atoms with Crippen molar-refractivity contribution >= 4 is 23.1 Å². The van der Waals surface area contributed by atoms with Crippen molar-refractivity contribution < 1.29 is 0 Å². The number of nitrogen functional groups attached to an aromatic ring is 1. The molecule has 1 aromatic rings. The Hall–Kier alpha value is -0.830. The molecule has 0 amide bonds. The monoisotopic (exact) mass is 222 g/mol. The van der Waals surface area contributed by atoms with Crippen LogP contribution in [0.5, 0.6) is 0 Å². The molecular weight excluding hydrogens is 204 g/mol. The lowest BCUT2D eigenvalue weighted by Crippen LogP contribution is -2.15. The molecule has 1 fully saturated rings. The van der Waals surface area contributed by atoms with Crippen LogP contribution in [0.4, 0.5) is 11.4 Å². The lowest BCUT2D eigenvalue weighted by Gasteiger charge is -2.14. The van der Waals surface area contributed by atoms with Crippen LogP contribution in [0.2, 0.25) is 0 Å². The Balaban J connectivity index is 1.90. The average molecular weight is 222 g/mol. The molecule has 0 heterocycles. The number of nitrogens with one attached hydrogen (secondary N) is 1. The van der Waals surface area contributed by atoms with Crippen LogP contribution in [0.1, 0.15) is 19.3 Å². The fourth-order valence-corrected chi connectivity index (χ4v) is 2.90. The molecule has 2 unspecified atom stereocenters. The van der Waals surface area contributed by atoms with Gasteiger partial charge in [0.2, 0.25) is 0 Å². The van der Waals surface area contributed by atoms with E-state index in [1.165, 1.54) is 24.9 Å². The van der Waals surface area contributed by atoms with Crippen molar-refractivity contribution in [3.05, 3.63) is 24.3 Å². The van der Waals surface area contributed by atoms with Crippen LogP contribution in [0, 0.1) is 0 Å². The summed E-state index contributed by atoms with van der Waals surface area (Å²) in [6.45, 7) is 0. The summed E-state index contributed by atoms with van der Waals surface area (Å²) < 4.78 is 0. The zero-order valence-electron chi connectivity index (χ0n) is 9.07. The van der Waals surface area contributed by atoms with E-state index in [0.717, 1.165) is 10.9 Å². The predicted octanol–water partition coefficient (Wildman–Crippen LogP) is 2.96. The van der Waals surface area contributed by atoms with Gasteiger partial charge in [0.05, 0.1) is 0 Å². The summed E-state index contributed by atoms with van der Waals surface area (Å²) in [7, 11) is 0. The third-order valence-electron chi connectivity index (χ3n) is 3.00.